The Morgan fingerprint density at radius 3 is 2.65 bits per heavy atom. The number of fused-ring (bicyclic) bond motifs is 1. The zero-order chi connectivity index (χ0) is 15.6. The average molecular weight is 311 g/mol. The number of ether oxygens (including phenoxy) is 1. The van der Waals surface area contributed by atoms with E-state index in [-0.39, 0.29) is 0 Å². The summed E-state index contributed by atoms with van der Waals surface area (Å²) in [6.45, 7) is 3.50. The summed E-state index contributed by atoms with van der Waals surface area (Å²) in [4.78, 5) is 17.4. The summed E-state index contributed by atoms with van der Waals surface area (Å²) in [6, 6.07) is 3.86. The molecule has 8 nitrogen and oxygen atoms in total. The van der Waals surface area contributed by atoms with E-state index in [2.05, 4.69) is 29.9 Å². The minimum Gasteiger partial charge on any atom is -0.481 e. The van der Waals surface area contributed by atoms with Gasteiger partial charge in [0.15, 0.2) is 5.82 Å². The highest BCUT2D eigenvalue weighted by atomic mass is 16.5. The van der Waals surface area contributed by atoms with E-state index >= 15 is 0 Å². The lowest BCUT2D eigenvalue weighted by Crippen LogP contribution is -2.47. The fraction of sp³-hybridized carbons (Fsp3) is 0.333. The van der Waals surface area contributed by atoms with Gasteiger partial charge in [0.25, 0.3) is 0 Å². The second-order valence-electron chi connectivity index (χ2n) is 5.30. The van der Waals surface area contributed by atoms with Gasteiger partial charge in [-0.05, 0) is 6.07 Å². The maximum absolute atomic E-state index is 5.17. The number of piperazine rings is 1. The molecule has 0 saturated carbocycles. The molecule has 0 radical (unpaired) electrons. The molecule has 0 N–H and O–H groups in total. The van der Waals surface area contributed by atoms with Crippen molar-refractivity contribution in [2.75, 3.05) is 43.1 Å². The lowest BCUT2D eigenvalue weighted by Gasteiger charge is -2.36. The Labute approximate surface area is 133 Å². The second kappa shape index (κ2) is 5.71. The van der Waals surface area contributed by atoms with E-state index in [1.165, 1.54) is 6.33 Å². The van der Waals surface area contributed by atoms with E-state index in [1.807, 2.05) is 22.8 Å². The molecule has 0 bridgehead atoms. The van der Waals surface area contributed by atoms with Crippen molar-refractivity contribution in [2.45, 2.75) is 0 Å². The number of methoxy groups -OCH3 is 1. The summed E-state index contributed by atoms with van der Waals surface area (Å²) in [7, 11) is 1.61. The number of hydrogen-bond donors (Lipinski definition) is 0. The van der Waals surface area contributed by atoms with Gasteiger partial charge in [0.1, 0.15) is 17.7 Å². The minimum atomic E-state index is 0.586. The third-order valence-corrected chi connectivity index (χ3v) is 4.04. The molecule has 0 aromatic carbocycles. The molecule has 1 fully saturated rings. The van der Waals surface area contributed by atoms with E-state index in [0.29, 0.717) is 5.88 Å². The van der Waals surface area contributed by atoms with E-state index in [1.54, 1.807) is 19.5 Å². The van der Waals surface area contributed by atoms with Crippen molar-refractivity contribution >= 4 is 17.2 Å². The van der Waals surface area contributed by atoms with Crippen molar-refractivity contribution < 1.29 is 4.74 Å². The largest absolute Gasteiger partial charge is 0.481 e. The van der Waals surface area contributed by atoms with Crippen LogP contribution in [0, 0.1) is 0 Å². The van der Waals surface area contributed by atoms with Crippen molar-refractivity contribution in [1.82, 2.24) is 24.6 Å². The summed E-state index contributed by atoms with van der Waals surface area (Å²) in [5.74, 6) is 2.46. The van der Waals surface area contributed by atoms with Crippen LogP contribution in [0.1, 0.15) is 0 Å². The molecule has 0 amide bonds. The summed E-state index contributed by atoms with van der Waals surface area (Å²) >= 11 is 0. The molecule has 4 rings (SSSR count). The van der Waals surface area contributed by atoms with E-state index in [4.69, 9.17) is 4.74 Å². The predicted molar refractivity (Wildman–Crippen MR) is 86.0 cm³/mol. The summed E-state index contributed by atoms with van der Waals surface area (Å²) in [5.41, 5.74) is 1.03. The van der Waals surface area contributed by atoms with Gasteiger partial charge in [0.05, 0.1) is 13.3 Å². The number of anilines is 2. The van der Waals surface area contributed by atoms with Crippen molar-refractivity contribution in [2.24, 2.45) is 0 Å². The van der Waals surface area contributed by atoms with Crippen LogP contribution in [-0.2, 0) is 0 Å². The number of aromatic nitrogens is 5. The Hall–Kier alpha value is -2.90. The van der Waals surface area contributed by atoms with E-state index in [9.17, 15) is 0 Å². The Bertz CT molecular complexity index is 810. The Kier molecular flexibility index (Phi) is 3.41. The molecule has 1 saturated heterocycles. The van der Waals surface area contributed by atoms with Crippen LogP contribution in [0.5, 0.6) is 5.88 Å². The van der Waals surface area contributed by atoms with Gasteiger partial charge < -0.3 is 14.5 Å². The van der Waals surface area contributed by atoms with Crippen molar-refractivity contribution in [3.05, 3.63) is 37.1 Å². The highest BCUT2D eigenvalue weighted by Crippen LogP contribution is 2.22. The van der Waals surface area contributed by atoms with Crippen LogP contribution in [0.15, 0.2) is 37.1 Å². The average Bonchev–Trinajstić information content (AvgIpc) is 3.11. The monoisotopic (exact) mass is 311 g/mol. The smallest absolute Gasteiger partial charge is 0.218 e. The van der Waals surface area contributed by atoms with Gasteiger partial charge in [-0.25, -0.2) is 19.5 Å². The highest BCUT2D eigenvalue weighted by molar-refractivity contribution is 5.68. The van der Waals surface area contributed by atoms with Gasteiger partial charge in [0, 0.05) is 44.6 Å². The third kappa shape index (κ3) is 2.52. The van der Waals surface area contributed by atoms with Gasteiger partial charge in [0.2, 0.25) is 5.88 Å². The maximum atomic E-state index is 5.17. The molecule has 118 valence electrons. The first kappa shape index (κ1) is 13.7. The number of rotatable bonds is 3. The lowest BCUT2D eigenvalue weighted by molar-refractivity contribution is 0.396. The minimum absolute atomic E-state index is 0.586. The quantitative estimate of drug-likeness (QED) is 0.710. The summed E-state index contributed by atoms with van der Waals surface area (Å²) in [6.07, 6.45) is 6.98. The van der Waals surface area contributed by atoms with Crippen LogP contribution >= 0.6 is 0 Å². The molecule has 0 atom stereocenters. The first-order valence-corrected chi connectivity index (χ1v) is 7.49. The third-order valence-electron chi connectivity index (χ3n) is 4.04. The Morgan fingerprint density at radius 1 is 1.00 bits per heavy atom. The maximum Gasteiger partial charge on any atom is 0.218 e. The van der Waals surface area contributed by atoms with Gasteiger partial charge in [-0.3, -0.25) is 0 Å². The standard InChI is InChI=1S/C15H17N7O/c1-23-14-10-13(17-11-18-14)20-6-8-21(9-7-20)15-12-2-3-19-22(12)5-4-16-15/h2-5,10-11H,6-9H2,1H3. The molecule has 8 heteroatoms. The first-order chi connectivity index (χ1) is 11.3. The SMILES string of the molecule is COc1cc(N2CCN(c3nccn4nccc34)CC2)ncn1. The summed E-state index contributed by atoms with van der Waals surface area (Å²) < 4.78 is 7.02. The first-order valence-electron chi connectivity index (χ1n) is 7.49. The molecule has 3 aromatic rings. The Balaban J connectivity index is 1.51. The number of nitrogens with zero attached hydrogens (tertiary/aromatic N) is 7. The van der Waals surface area contributed by atoms with Crippen LogP contribution in [0.3, 0.4) is 0 Å². The van der Waals surface area contributed by atoms with Crippen LogP contribution in [-0.4, -0.2) is 57.9 Å². The van der Waals surface area contributed by atoms with Crippen molar-refractivity contribution in [1.29, 1.82) is 0 Å². The molecule has 1 aliphatic heterocycles. The van der Waals surface area contributed by atoms with Crippen LogP contribution < -0.4 is 14.5 Å². The zero-order valence-electron chi connectivity index (χ0n) is 12.8. The predicted octanol–water partition coefficient (Wildman–Crippen LogP) is 0.854. The molecule has 1 aliphatic rings. The van der Waals surface area contributed by atoms with E-state index in [0.717, 1.165) is 43.3 Å². The normalized spacial score (nSPS) is 15.2. The van der Waals surface area contributed by atoms with E-state index < -0.39 is 0 Å². The van der Waals surface area contributed by atoms with Gasteiger partial charge in [-0.2, -0.15) is 5.10 Å². The molecule has 4 heterocycles. The van der Waals surface area contributed by atoms with Gasteiger partial charge >= 0.3 is 0 Å². The summed E-state index contributed by atoms with van der Waals surface area (Å²) in [5, 5.41) is 4.26. The molecule has 0 spiro atoms. The lowest BCUT2D eigenvalue weighted by atomic mass is 10.3. The highest BCUT2D eigenvalue weighted by Gasteiger charge is 2.21. The fourth-order valence-corrected chi connectivity index (χ4v) is 2.85. The molecule has 0 aliphatic carbocycles. The molecule has 0 unspecified atom stereocenters. The van der Waals surface area contributed by atoms with Gasteiger partial charge in [-0.1, -0.05) is 0 Å². The fourth-order valence-electron chi connectivity index (χ4n) is 2.85. The number of hydrogen-bond acceptors (Lipinski definition) is 7. The van der Waals surface area contributed by atoms with Crippen LogP contribution in [0.25, 0.3) is 5.52 Å². The molecular weight excluding hydrogens is 294 g/mol. The topological polar surface area (TPSA) is 71.7 Å². The molecule has 3 aromatic heterocycles. The zero-order valence-corrected chi connectivity index (χ0v) is 12.8. The van der Waals surface area contributed by atoms with Crippen LogP contribution in [0.2, 0.25) is 0 Å². The van der Waals surface area contributed by atoms with Crippen LogP contribution in [0.4, 0.5) is 11.6 Å². The molecule has 23 heavy (non-hydrogen) atoms. The Morgan fingerprint density at radius 2 is 1.83 bits per heavy atom. The molecular formula is C15H17N7O. The van der Waals surface area contributed by atoms with Gasteiger partial charge in [-0.15, -0.1) is 0 Å². The second-order valence-corrected chi connectivity index (χ2v) is 5.30. The van der Waals surface area contributed by atoms with Crippen molar-refractivity contribution in [3.8, 4) is 5.88 Å². The van der Waals surface area contributed by atoms with Crippen molar-refractivity contribution in [3.63, 3.8) is 0 Å².